The van der Waals surface area contributed by atoms with Gasteiger partial charge in [0.05, 0.1) is 24.2 Å². The predicted octanol–water partition coefficient (Wildman–Crippen LogP) is 6.17. The van der Waals surface area contributed by atoms with Crippen LogP contribution in [0.1, 0.15) is 56.1 Å². The Morgan fingerprint density at radius 1 is 1.03 bits per heavy atom. The molecule has 1 amide bonds. The second-order valence-electron chi connectivity index (χ2n) is 12.3. The number of aliphatic imine (C=N–C) groups is 1. The summed E-state index contributed by atoms with van der Waals surface area (Å²) in [6.45, 7) is 1.83. The molecule has 4 bridgehead atoms. The van der Waals surface area contributed by atoms with Crippen molar-refractivity contribution < 1.29 is 19.4 Å². The van der Waals surface area contributed by atoms with Gasteiger partial charge in [-0.15, -0.1) is 0 Å². The Hall–Kier alpha value is -2.77. The standard InChI is InChI=1S/C32H36N2O4S/c1-37-27-13-28(38-2)24(10-23(27)12-29-30(36)34-31(39-29)22-5-6-33-17-22)21-3-4-26(35)25(11-21)32-14-18-7-19(15-32)9-20(8-18)16-32/h3-4,10-13,18-20,22,33,35H,5-9,14-17H2,1-2H3. The SMILES string of the molecule is COc1cc(OC)c(-c2ccc(O)c(C34CC5CC(CC(C5)C3)C4)c2)cc1C=C1SC(C2CCNC2)=NC1=O. The Morgan fingerprint density at radius 2 is 1.74 bits per heavy atom. The number of nitrogens with one attached hydrogen (secondary N) is 1. The van der Waals surface area contributed by atoms with Crippen molar-refractivity contribution in [2.45, 2.75) is 50.4 Å². The zero-order valence-electron chi connectivity index (χ0n) is 22.7. The highest BCUT2D eigenvalue weighted by Crippen LogP contribution is 2.62. The molecule has 4 aliphatic carbocycles. The Morgan fingerprint density at radius 3 is 2.38 bits per heavy atom. The first kappa shape index (κ1) is 25.2. The smallest absolute Gasteiger partial charge is 0.284 e. The fourth-order valence-corrected chi connectivity index (χ4v) is 9.48. The van der Waals surface area contributed by atoms with E-state index in [4.69, 9.17) is 9.47 Å². The fraction of sp³-hybridized carbons (Fsp3) is 0.500. The number of rotatable bonds is 6. The maximum absolute atomic E-state index is 12.8. The van der Waals surface area contributed by atoms with Crippen LogP contribution in [0.15, 0.2) is 40.2 Å². The Bertz CT molecular complexity index is 1360. The minimum Gasteiger partial charge on any atom is -0.508 e. The molecule has 0 aromatic heterocycles. The number of hydrogen-bond donors (Lipinski definition) is 2. The molecule has 6 nitrogen and oxygen atoms in total. The van der Waals surface area contributed by atoms with E-state index in [1.165, 1.54) is 50.3 Å². The van der Waals surface area contributed by atoms with Crippen LogP contribution in [0, 0.1) is 23.7 Å². The van der Waals surface area contributed by atoms with Crippen LogP contribution in [-0.2, 0) is 10.2 Å². The van der Waals surface area contributed by atoms with Gasteiger partial charge in [0.25, 0.3) is 5.91 Å². The van der Waals surface area contributed by atoms with Gasteiger partial charge in [-0.3, -0.25) is 4.79 Å². The van der Waals surface area contributed by atoms with Gasteiger partial charge >= 0.3 is 0 Å². The highest BCUT2D eigenvalue weighted by Gasteiger charge is 2.52. The third-order valence-electron chi connectivity index (χ3n) is 9.80. The van der Waals surface area contributed by atoms with Gasteiger partial charge < -0.3 is 19.9 Å². The van der Waals surface area contributed by atoms with Gasteiger partial charge in [0.15, 0.2) is 0 Å². The summed E-state index contributed by atoms with van der Waals surface area (Å²) >= 11 is 1.48. The summed E-state index contributed by atoms with van der Waals surface area (Å²) in [7, 11) is 3.31. The van der Waals surface area contributed by atoms with Crippen LogP contribution in [-0.4, -0.2) is 43.4 Å². The Labute approximate surface area is 234 Å². The van der Waals surface area contributed by atoms with E-state index in [0.717, 1.165) is 64.6 Å². The number of thioether (sulfide) groups is 1. The molecule has 204 valence electrons. The first-order chi connectivity index (χ1) is 18.9. The molecule has 1 atom stereocenters. The molecule has 2 aliphatic heterocycles. The molecule has 4 saturated carbocycles. The van der Waals surface area contributed by atoms with Crippen molar-refractivity contribution in [3.63, 3.8) is 0 Å². The lowest BCUT2D eigenvalue weighted by molar-refractivity contribution is -0.113. The third-order valence-corrected chi connectivity index (χ3v) is 10.9. The van der Waals surface area contributed by atoms with Crippen molar-refractivity contribution in [1.29, 1.82) is 0 Å². The molecule has 39 heavy (non-hydrogen) atoms. The van der Waals surface area contributed by atoms with E-state index in [-0.39, 0.29) is 11.3 Å². The van der Waals surface area contributed by atoms with Crippen molar-refractivity contribution in [3.05, 3.63) is 46.4 Å². The van der Waals surface area contributed by atoms with Crippen LogP contribution in [0.2, 0.25) is 0 Å². The number of amides is 1. The van der Waals surface area contributed by atoms with Crippen molar-refractivity contribution in [2.75, 3.05) is 27.3 Å². The molecule has 2 aromatic carbocycles. The topological polar surface area (TPSA) is 80.2 Å². The summed E-state index contributed by atoms with van der Waals surface area (Å²) in [5.41, 5.74) is 3.93. The van der Waals surface area contributed by atoms with Crippen molar-refractivity contribution in [3.8, 4) is 28.4 Å². The summed E-state index contributed by atoms with van der Waals surface area (Å²) in [6.07, 6.45) is 10.6. The maximum atomic E-state index is 12.8. The van der Waals surface area contributed by atoms with Crippen LogP contribution >= 0.6 is 11.8 Å². The molecule has 6 aliphatic rings. The Kier molecular flexibility index (Phi) is 6.27. The zero-order valence-corrected chi connectivity index (χ0v) is 23.5. The molecule has 8 rings (SSSR count). The highest BCUT2D eigenvalue weighted by atomic mass is 32.2. The first-order valence-corrected chi connectivity index (χ1v) is 15.1. The zero-order chi connectivity index (χ0) is 26.7. The lowest BCUT2D eigenvalue weighted by Crippen LogP contribution is -2.48. The number of nitrogens with zero attached hydrogens (tertiary/aromatic N) is 1. The highest BCUT2D eigenvalue weighted by molar-refractivity contribution is 8.18. The maximum Gasteiger partial charge on any atom is 0.284 e. The lowest BCUT2D eigenvalue weighted by Gasteiger charge is -2.57. The second-order valence-corrected chi connectivity index (χ2v) is 13.3. The fourth-order valence-electron chi connectivity index (χ4n) is 8.44. The molecule has 0 spiro atoms. The third kappa shape index (κ3) is 4.38. The van der Waals surface area contributed by atoms with Gasteiger partial charge in [-0.2, -0.15) is 0 Å². The molecule has 5 fully saturated rings. The minimum absolute atomic E-state index is 0.0785. The molecule has 2 aromatic rings. The summed E-state index contributed by atoms with van der Waals surface area (Å²) in [5, 5.41) is 15.4. The van der Waals surface area contributed by atoms with E-state index in [1.54, 1.807) is 14.2 Å². The predicted molar refractivity (Wildman–Crippen MR) is 155 cm³/mol. The van der Waals surface area contributed by atoms with Crippen molar-refractivity contribution in [2.24, 2.45) is 28.7 Å². The number of methoxy groups -OCH3 is 2. The van der Waals surface area contributed by atoms with Gasteiger partial charge in [0.2, 0.25) is 0 Å². The van der Waals surface area contributed by atoms with E-state index in [1.807, 2.05) is 30.3 Å². The molecule has 0 radical (unpaired) electrons. The number of aromatic hydroxyl groups is 1. The number of phenols is 1. The number of ether oxygens (including phenoxy) is 2. The number of carbonyl (C=O) groups excluding carboxylic acids is 1. The number of carbonyl (C=O) groups is 1. The van der Waals surface area contributed by atoms with Crippen LogP contribution < -0.4 is 14.8 Å². The summed E-state index contributed by atoms with van der Waals surface area (Å²) < 4.78 is 11.6. The van der Waals surface area contributed by atoms with E-state index >= 15 is 0 Å². The average molecular weight is 545 g/mol. The monoisotopic (exact) mass is 544 g/mol. The van der Waals surface area contributed by atoms with E-state index < -0.39 is 0 Å². The van der Waals surface area contributed by atoms with Gasteiger partial charge in [-0.1, -0.05) is 17.8 Å². The molecule has 7 heteroatoms. The van der Waals surface area contributed by atoms with Gasteiger partial charge in [0, 0.05) is 35.2 Å². The van der Waals surface area contributed by atoms with Crippen LogP contribution in [0.4, 0.5) is 0 Å². The van der Waals surface area contributed by atoms with Gasteiger partial charge in [-0.05, 0) is 104 Å². The molecular weight excluding hydrogens is 508 g/mol. The molecule has 2 heterocycles. The Balaban J connectivity index is 1.27. The van der Waals surface area contributed by atoms with Crippen LogP contribution in [0.25, 0.3) is 17.2 Å². The lowest BCUT2D eigenvalue weighted by atomic mass is 9.48. The molecule has 2 N–H and O–H groups in total. The normalized spacial score (nSPS) is 32.2. The molecular formula is C32H36N2O4S. The summed E-state index contributed by atoms with van der Waals surface area (Å²) in [5.74, 6) is 4.26. The van der Waals surface area contributed by atoms with Crippen LogP contribution in [0.3, 0.4) is 0 Å². The van der Waals surface area contributed by atoms with E-state index in [0.29, 0.717) is 28.1 Å². The van der Waals surface area contributed by atoms with Crippen LogP contribution in [0.5, 0.6) is 17.2 Å². The number of benzene rings is 2. The van der Waals surface area contributed by atoms with Crippen molar-refractivity contribution >= 4 is 28.8 Å². The molecule has 1 saturated heterocycles. The summed E-state index contributed by atoms with van der Waals surface area (Å²) in [4.78, 5) is 17.8. The van der Waals surface area contributed by atoms with Gasteiger partial charge in [0.1, 0.15) is 17.2 Å². The quantitative estimate of drug-likeness (QED) is 0.424. The largest absolute Gasteiger partial charge is 0.508 e. The minimum atomic E-state index is -0.185. The summed E-state index contributed by atoms with van der Waals surface area (Å²) in [6, 6.07) is 9.98. The number of phenolic OH excluding ortho intramolecular Hbond substituents is 1. The number of hydrogen-bond acceptors (Lipinski definition) is 6. The second kappa shape index (κ2) is 9.70. The van der Waals surface area contributed by atoms with E-state index in [9.17, 15) is 9.90 Å². The van der Waals surface area contributed by atoms with E-state index in [2.05, 4.69) is 16.4 Å². The average Bonchev–Trinajstić information content (AvgIpc) is 3.58. The molecule has 1 unspecified atom stereocenters. The first-order valence-electron chi connectivity index (χ1n) is 14.3. The van der Waals surface area contributed by atoms with Crippen molar-refractivity contribution in [1.82, 2.24) is 5.32 Å². The van der Waals surface area contributed by atoms with Gasteiger partial charge in [-0.25, -0.2) is 4.99 Å².